The Hall–Kier alpha value is -1.81. The molecule has 0 amide bonds. The van der Waals surface area contributed by atoms with Crippen molar-refractivity contribution in [3.63, 3.8) is 0 Å². The molecular weight excluding hydrogens is 248 g/mol. The second kappa shape index (κ2) is 6.09. The maximum absolute atomic E-state index is 4.43. The Morgan fingerprint density at radius 2 is 2.10 bits per heavy atom. The number of benzene rings is 1. The molecule has 0 fully saturated rings. The van der Waals surface area contributed by atoms with E-state index in [0.717, 1.165) is 12.5 Å². The molecule has 0 aliphatic heterocycles. The van der Waals surface area contributed by atoms with Crippen LogP contribution in [0.25, 0.3) is 0 Å². The van der Waals surface area contributed by atoms with Crippen molar-refractivity contribution in [2.45, 2.75) is 26.4 Å². The van der Waals surface area contributed by atoms with Crippen LogP contribution in [0.1, 0.15) is 29.8 Å². The van der Waals surface area contributed by atoms with E-state index in [1.54, 1.807) is 0 Å². The lowest BCUT2D eigenvalue weighted by Crippen LogP contribution is -2.21. The quantitative estimate of drug-likeness (QED) is 0.908. The van der Waals surface area contributed by atoms with E-state index in [9.17, 15) is 0 Å². The van der Waals surface area contributed by atoms with Crippen molar-refractivity contribution in [3.8, 4) is 0 Å². The molecule has 20 heavy (non-hydrogen) atoms. The summed E-state index contributed by atoms with van der Waals surface area (Å²) in [5.74, 6) is 0.977. The fourth-order valence-corrected chi connectivity index (χ4v) is 2.33. The van der Waals surface area contributed by atoms with E-state index in [2.05, 4.69) is 60.0 Å². The summed E-state index contributed by atoms with van der Waals surface area (Å²) in [6.45, 7) is 5.13. The normalized spacial score (nSPS) is 12.4. The largest absolute Gasteiger partial charge is 0.348 e. The standard InChI is InChI=1S/C16H24N4/c1-12-7-6-8-14(9-12)13(2)17-10-15-11-18-16(19(3)4)20(15)5/h6-9,11,13,17H,10H2,1-5H3/t13-/m0/s1. The second-order valence-corrected chi connectivity index (χ2v) is 5.52. The van der Waals surface area contributed by atoms with Crippen LogP contribution in [0.3, 0.4) is 0 Å². The van der Waals surface area contributed by atoms with Gasteiger partial charge in [0, 0.05) is 33.7 Å². The van der Waals surface area contributed by atoms with Gasteiger partial charge in [-0.15, -0.1) is 0 Å². The van der Waals surface area contributed by atoms with Crippen LogP contribution < -0.4 is 10.2 Å². The molecule has 0 bridgehead atoms. The molecule has 0 saturated carbocycles. The Morgan fingerprint density at radius 3 is 2.70 bits per heavy atom. The van der Waals surface area contributed by atoms with Crippen molar-refractivity contribution >= 4 is 5.95 Å². The van der Waals surface area contributed by atoms with Gasteiger partial charge in [0.05, 0.1) is 11.9 Å². The Kier molecular flexibility index (Phi) is 4.45. The summed E-state index contributed by atoms with van der Waals surface area (Å²) >= 11 is 0. The van der Waals surface area contributed by atoms with Gasteiger partial charge in [-0.25, -0.2) is 4.98 Å². The number of nitrogens with one attached hydrogen (secondary N) is 1. The third-order valence-electron chi connectivity index (χ3n) is 3.59. The molecule has 0 unspecified atom stereocenters. The summed E-state index contributed by atoms with van der Waals surface area (Å²) < 4.78 is 2.12. The van der Waals surface area contributed by atoms with E-state index in [4.69, 9.17) is 0 Å². The summed E-state index contributed by atoms with van der Waals surface area (Å²) in [6, 6.07) is 8.95. The third kappa shape index (κ3) is 3.20. The van der Waals surface area contributed by atoms with Crippen molar-refractivity contribution in [1.29, 1.82) is 0 Å². The zero-order valence-electron chi connectivity index (χ0n) is 13.0. The predicted molar refractivity (Wildman–Crippen MR) is 84.0 cm³/mol. The Labute approximate surface area is 121 Å². The van der Waals surface area contributed by atoms with Crippen molar-refractivity contribution < 1.29 is 0 Å². The van der Waals surface area contributed by atoms with Gasteiger partial charge in [-0.3, -0.25) is 0 Å². The number of aromatic nitrogens is 2. The second-order valence-electron chi connectivity index (χ2n) is 5.52. The maximum Gasteiger partial charge on any atom is 0.204 e. The summed E-state index contributed by atoms with van der Waals surface area (Å²) in [7, 11) is 6.07. The minimum atomic E-state index is 0.326. The van der Waals surface area contributed by atoms with Crippen LogP contribution in [0, 0.1) is 6.92 Å². The molecule has 0 radical (unpaired) electrons. The van der Waals surface area contributed by atoms with Gasteiger partial charge in [0.15, 0.2) is 0 Å². The van der Waals surface area contributed by atoms with Gasteiger partial charge in [-0.1, -0.05) is 29.8 Å². The highest BCUT2D eigenvalue weighted by molar-refractivity contribution is 5.31. The molecule has 1 N–H and O–H groups in total. The lowest BCUT2D eigenvalue weighted by molar-refractivity contribution is 0.557. The summed E-state index contributed by atoms with van der Waals surface area (Å²) in [4.78, 5) is 6.45. The number of imidazole rings is 1. The van der Waals surface area contributed by atoms with E-state index in [0.29, 0.717) is 6.04 Å². The number of nitrogens with zero attached hydrogens (tertiary/aromatic N) is 3. The molecule has 4 heteroatoms. The fraction of sp³-hybridized carbons (Fsp3) is 0.438. The van der Waals surface area contributed by atoms with Crippen LogP contribution in [0.15, 0.2) is 30.5 Å². The average molecular weight is 272 g/mol. The Morgan fingerprint density at radius 1 is 1.35 bits per heavy atom. The molecule has 1 aromatic heterocycles. The Bertz CT molecular complexity index is 572. The van der Waals surface area contributed by atoms with Gasteiger partial charge < -0.3 is 14.8 Å². The zero-order valence-corrected chi connectivity index (χ0v) is 13.0. The van der Waals surface area contributed by atoms with Gasteiger partial charge in [-0.2, -0.15) is 0 Å². The first-order valence-electron chi connectivity index (χ1n) is 6.97. The van der Waals surface area contributed by atoms with Crippen molar-refractivity contribution in [2.24, 2.45) is 7.05 Å². The van der Waals surface area contributed by atoms with Crippen LogP contribution in [0.5, 0.6) is 0 Å². The molecule has 108 valence electrons. The fourth-order valence-electron chi connectivity index (χ4n) is 2.33. The van der Waals surface area contributed by atoms with Gasteiger partial charge in [-0.05, 0) is 19.4 Å². The topological polar surface area (TPSA) is 33.1 Å². The summed E-state index contributed by atoms with van der Waals surface area (Å²) in [6.07, 6.45) is 1.94. The van der Waals surface area contributed by atoms with Crippen molar-refractivity contribution in [3.05, 3.63) is 47.3 Å². The molecule has 0 spiro atoms. The smallest absolute Gasteiger partial charge is 0.204 e. The van der Waals surface area contributed by atoms with Crippen LogP contribution in [0.2, 0.25) is 0 Å². The number of anilines is 1. The number of hydrogen-bond donors (Lipinski definition) is 1. The molecule has 4 nitrogen and oxygen atoms in total. The molecule has 0 aliphatic rings. The molecule has 2 aromatic rings. The molecule has 0 saturated heterocycles. The summed E-state index contributed by atoms with van der Waals surface area (Å²) in [5.41, 5.74) is 3.81. The number of aryl methyl sites for hydroxylation is 1. The van der Waals surface area contributed by atoms with Gasteiger partial charge in [0.1, 0.15) is 0 Å². The van der Waals surface area contributed by atoms with E-state index >= 15 is 0 Å². The molecule has 2 rings (SSSR count). The first-order chi connectivity index (χ1) is 9.49. The molecular formula is C16H24N4. The van der Waals surface area contributed by atoms with Crippen LogP contribution in [-0.2, 0) is 13.6 Å². The van der Waals surface area contributed by atoms with Crippen LogP contribution in [0.4, 0.5) is 5.95 Å². The average Bonchev–Trinajstić information content (AvgIpc) is 2.77. The molecule has 0 aliphatic carbocycles. The first kappa shape index (κ1) is 14.6. The Balaban J connectivity index is 2.02. The lowest BCUT2D eigenvalue weighted by Gasteiger charge is -2.16. The molecule has 1 aromatic carbocycles. The van der Waals surface area contributed by atoms with Gasteiger partial charge in [0.25, 0.3) is 0 Å². The SMILES string of the molecule is Cc1cccc([C@H](C)NCc2cnc(N(C)C)n2C)c1. The van der Waals surface area contributed by atoms with Crippen molar-refractivity contribution in [1.82, 2.24) is 14.9 Å². The van der Waals surface area contributed by atoms with E-state index in [1.165, 1.54) is 16.8 Å². The minimum Gasteiger partial charge on any atom is -0.348 e. The monoisotopic (exact) mass is 272 g/mol. The zero-order chi connectivity index (χ0) is 14.7. The third-order valence-corrected chi connectivity index (χ3v) is 3.59. The van der Waals surface area contributed by atoms with Crippen LogP contribution >= 0.6 is 0 Å². The van der Waals surface area contributed by atoms with E-state index < -0.39 is 0 Å². The first-order valence-corrected chi connectivity index (χ1v) is 6.97. The maximum atomic E-state index is 4.43. The van der Waals surface area contributed by atoms with E-state index in [-0.39, 0.29) is 0 Å². The highest BCUT2D eigenvalue weighted by Crippen LogP contribution is 2.16. The molecule has 1 atom stereocenters. The predicted octanol–water partition coefficient (Wildman–Crippen LogP) is 2.65. The summed E-state index contributed by atoms with van der Waals surface area (Å²) in [5, 5.41) is 3.56. The molecule has 1 heterocycles. The number of hydrogen-bond acceptors (Lipinski definition) is 3. The highest BCUT2D eigenvalue weighted by Gasteiger charge is 2.10. The van der Waals surface area contributed by atoms with E-state index in [1.807, 2.05) is 25.2 Å². The minimum absolute atomic E-state index is 0.326. The van der Waals surface area contributed by atoms with Gasteiger partial charge in [0.2, 0.25) is 5.95 Å². The highest BCUT2D eigenvalue weighted by atomic mass is 15.3. The van der Waals surface area contributed by atoms with Crippen LogP contribution in [-0.4, -0.2) is 23.6 Å². The van der Waals surface area contributed by atoms with Gasteiger partial charge >= 0.3 is 0 Å². The lowest BCUT2D eigenvalue weighted by atomic mass is 10.1. The van der Waals surface area contributed by atoms with Crippen molar-refractivity contribution in [2.75, 3.05) is 19.0 Å². The number of rotatable bonds is 5.